The van der Waals surface area contributed by atoms with Crippen LogP contribution < -0.4 is 5.73 Å². The third kappa shape index (κ3) is 5.84. The van der Waals surface area contributed by atoms with Gasteiger partial charge in [-0.1, -0.05) is 20.8 Å². The SMILES string of the molecule is CCC(N)Cc1cnn(CCOCC(C)C)c1. The first-order valence-electron chi connectivity index (χ1n) is 6.46. The highest BCUT2D eigenvalue weighted by atomic mass is 16.5. The van der Waals surface area contributed by atoms with E-state index in [0.717, 1.165) is 32.6 Å². The Hall–Kier alpha value is -0.870. The number of hydrogen-bond acceptors (Lipinski definition) is 3. The molecule has 0 spiro atoms. The molecule has 0 aromatic carbocycles. The van der Waals surface area contributed by atoms with Crippen molar-refractivity contribution >= 4 is 0 Å². The van der Waals surface area contributed by atoms with Gasteiger partial charge in [0, 0.05) is 18.8 Å². The van der Waals surface area contributed by atoms with Gasteiger partial charge in [-0.25, -0.2) is 0 Å². The standard InChI is InChI=1S/C13H25N3O/c1-4-13(14)7-12-8-15-16(9-12)5-6-17-10-11(2)3/h8-9,11,13H,4-7,10,14H2,1-3H3. The Bertz CT molecular complexity index is 309. The monoisotopic (exact) mass is 239 g/mol. The maximum atomic E-state index is 5.91. The van der Waals surface area contributed by atoms with Crippen molar-refractivity contribution in [3.8, 4) is 0 Å². The van der Waals surface area contributed by atoms with Gasteiger partial charge in [0.05, 0.1) is 19.3 Å². The van der Waals surface area contributed by atoms with Crippen LogP contribution in [0, 0.1) is 5.92 Å². The molecular formula is C13H25N3O. The minimum atomic E-state index is 0.241. The summed E-state index contributed by atoms with van der Waals surface area (Å²) in [5.74, 6) is 0.589. The van der Waals surface area contributed by atoms with E-state index in [0.29, 0.717) is 5.92 Å². The predicted molar refractivity (Wildman–Crippen MR) is 69.9 cm³/mol. The van der Waals surface area contributed by atoms with Gasteiger partial charge in [0.25, 0.3) is 0 Å². The molecule has 0 bridgehead atoms. The van der Waals surface area contributed by atoms with Crippen LogP contribution >= 0.6 is 0 Å². The van der Waals surface area contributed by atoms with Crippen LogP contribution in [0.25, 0.3) is 0 Å². The van der Waals surface area contributed by atoms with Crippen molar-refractivity contribution in [3.63, 3.8) is 0 Å². The predicted octanol–water partition coefficient (Wildman–Crippen LogP) is 1.84. The molecule has 1 heterocycles. The Balaban J connectivity index is 2.26. The molecule has 98 valence electrons. The van der Waals surface area contributed by atoms with Crippen LogP contribution in [-0.4, -0.2) is 29.0 Å². The van der Waals surface area contributed by atoms with Gasteiger partial charge in [0.2, 0.25) is 0 Å². The normalized spacial score (nSPS) is 13.2. The lowest BCUT2D eigenvalue weighted by Gasteiger charge is -2.07. The van der Waals surface area contributed by atoms with Crippen LogP contribution in [0.5, 0.6) is 0 Å². The summed E-state index contributed by atoms with van der Waals surface area (Å²) in [5, 5.41) is 4.30. The quantitative estimate of drug-likeness (QED) is 0.704. The average molecular weight is 239 g/mol. The fourth-order valence-corrected chi connectivity index (χ4v) is 1.56. The third-order valence-electron chi connectivity index (χ3n) is 2.62. The van der Waals surface area contributed by atoms with Gasteiger partial charge in [0.1, 0.15) is 0 Å². The lowest BCUT2D eigenvalue weighted by Crippen LogP contribution is -2.21. The second kappa shape index (κ2) is 7.45. The largest absolute Gasteiger partial charge is 0.379 e. The zero-order valence-electron chi connectivity index (χ0n) is 11.2. The molecule has 0 aliphatic carbocycles. The second-order valence-corrected chi connectivity index (χ2v) is 4.95. The highest BCUT2D eigenvalue weighted by Gasteiger charge is 2.04. The number of aromatic nitrogens is 2. The third-order valence-corrected chi connectivity index (χ3v) is 2.62. The Kier molecular flexibility index (Phi) is 6.22. The van der Waals surface area contributed by atoms with Gasteiger partial charge in [-0.2, -0.15) is 5.10 Å². The van der Waals surface area contributed by atoms with Gasteiger partial charge >= 0.3 is 0 Å². The van der Waals surface area contributed by atoms with Crippen molar-refractivity contribution in [2.24, 2.45) is 11.7 Å². The molecule has 0 saturated carbocycles. The zero-order chi connectivity index (χ0) is 12.7. The molecule has 1 atom stereocenters. The van der Waals surface area contributed by atoms with Crippen LogP contribution in [-0.2, 0) is 17.7 Å². The molecule has 1 aromatic heterocycles. The first-order valence-corrected chi connectivity index (χ1v) is 6.46. The second-order valence-electron chi connectivity index (χ2n) is 4.95. The topological polar surface area (TPSA) is 53.1 Å². The molecule has 2 N–H and O–H groups in total. The number of rotatable bonds is 8. The molecule has 0 amide bonds. The Morgan fingerprint density at radius 2 is 2.24 bits per heavy atom. The molecule has 1 rings (SSSR count). The van der Waals surface area contributed by atoms with Crippen LogP contribution in [0.15, 0.2) is 12.4 Å². The molecule has 0 fully saturated rings. The first kappa shape index (κ1) is 14.2. The summed E-state index contributed by atoms with van der Waals surface area (Å²) in [4.78, 5) is 0. The minimum absolute atomic E-state index is 0.241. The van der Waals surface area contributed by atoms with E-state index in [2.05, 4.69) is 32.1 Å². The summed E-state index contributed by atoms with van der Waals surface area (Å²) in [5.41, 5.74) is 7.12. The fourth-order valence-electron chi connectivity index (χ4n) is 1.56. The first-order chi connectivity index (χ1) is 8.11. The van der Waals surface area contributed by atoms with Crippen molar-refractivity contribution in [1.29, 1.82) is 0 Å². The summed E-state index contributed by atoms with van der Waals surface area (Å²) in [7, 11) is 0. The summed E-state index contributed by atoms with van der Waals surface area (Å²) < 4.78 is 7.45. The van der Waals surface area contributed by atoms with Crippen LogP contribution in [0.2, 0.25) is 0 Å². The molecule has 0 aliphatic rings. The Morgan fingerprint density at radius 3 is 2.88 bits per heavy atom. The van der Waals surface area contributed by atoms with E-state index < -0.39 is 0 Å². The number of nitrogens with two attached hydrogens (primary N) is 1. The molecule has 17 heavy (non-hydrogen) atoms. The van der Waals surface area contributed by atoms with E-state index in [9.17, 15) is 0 Å². The van der Waals surface area contributed by atoms with E-state index in [4.69, 9.17) is 10.5 Å². The lowest BCUT2D eigenvalue weighted by atomic mass is 10.1. The van der Waals surface area contributed by atoms with Gasteiger partial charge in [-0.05, 0) is 24.3 Å². The van der Waals surface area contributed by atoms with Crippen molar-refractivity contribution in [2.45, 2.75) is 46.2 Å². The summed E-state index contributed by atoms with van der Waals surface area (Å²) in [6, 6.07) is 0.241. The smallest absolute Gasteiger partial charge is 0.0662 e. The number of nitrogens with zero attached hydrogens (tertiary/aromatic N) is 2. The Labute approximate surface area is 104 Å². The average Bonchev–Trinajstić information content (AvgIpc) is 2.72. The zero-order valence-corrected chi connectivity index (χ0v) is 11.2. The maximum Gasteiger partial charge on any atom is 0.0662 e. The van der Waals surface area contributed by atoms with E-state index in [-0.39, 0.29) is 6.04 Å². The molecule has 0 radical (unpaired) electrons. The highest BCUT2D eigenvalue weighted by molar-refractivity contribution is 5.05. The molecule has 0 aliphatic heterocycles. The molecule has 1 aromatic rings. The lowest BCUT2D eigenvalue weighted by molar-refractivity contribution is 0.101. The summed E-state index contributed by atoms with van der Waals surface area (Å²) >= 11 is 0. The van der Waals surface area contributed by atoms with Crippen molar-refractivity contribution in [2.75, 3.05) is 13.2 Å². The maximum absolute atomic E-state index is 5.91. The van der Waals surface area contributed by atoms with Crippen molar-refractivity contribution in [1.82, 2.24) is 9.78 Å². The van der Waals surface area contributed by atoms with Crippen molar-refractivity contribution in [3.05, 3.63) is 18.0 Å². The van der Waals surface area contributed by atoms with Crippen LogP contribution in [0.3, 0.4) is 0 Å². The molecular weight excluding hydrogens is 214 g/mol. The van der Waals surface area contributed by atoms with E-state index in [1.807, 2.05) is 10.9 Å². The number of hydrogen-bond donors (Lipinski definition) is 1. The van der Waals surface area contributed by atoms with Gasteiger partial charge in [0.15, 0.2) is 0 Å². The molecule has 1 unspecified atom stereocenters. The molecule has 4 heteroatoms. The summed E-state index contributed by atoms with van der Waals surface area (Å²) in [6.07, 6.45) is 5.87. The highest BCUT2D eigenvalue weighted by Crippen LogP contribution is 2.03. The van der Waals surface area contributed by atoms with Gasteiger partial charge < -0.3 is 10.5 Å². The Morgan fingerprint density at radius 1 is 1.47 bits per heavy atom. The van der Waals surface area contributed by atoms with Gasteiger partial charge in [-0.3, -0.25) is 4.68 Å². The fraction of sp³-hybridized carbons (Fsp3) is 0.769. The van der Waals surface area contributed by atoms with Gasteiger partial charge in [-0.15, -0.1) is 0 Å². The summed E-state index contributed by atoms with van der Waals surface area (Å²) in [6.45, 7) is 8.76. The van der Waals surface area contributed by atoms with E-state index in [1.54, 1.807) is 0 Å². The number of ether oxygens (including phenoxy) is 1. The minimum Gasteiger partial charge on any atom is -0.379 e. The van der Waals surface area contributed by atoms with Crippen molar-refractivity contribution < 1.29 is 4.74 Å². The molecule has 4 nitrogen and oxygen atoms in total. The molecule has 0 saturated heterocycles. The van der Waals surface area contributed by atoms with E-state index >= 15 is 0 Å². The van der Waals surface area contributed by atoms with Crippen LogP contribution in [0.4, 0.5) is 0 Å². The van der Waals surface area contributed by atoms with E-state index in [1.165, 1.54) is 5.56 Å². The van der Waals surface area contributed by atoms with Crippen LogP contribution in [0.1, 0.15) is 32.8 Å².